The van der Waals surface area contributed by atoms with E-state index in [1.54, 1.807) is 0 Å². The van der Waals surface area contributed by atoms with Crippen molar-refractivity contribution in [3.8, 4) is 34.2 Å². The number of aromatic nitrogens is 3. The molecule has 0 spiro atoms. The summed E-state index contributed by atoms with van der Waals surface area (Å²) in [6.07, 6.45) is 6.97. The number of hydrogen-bond donors (Lipinski definition) is 0. The fourth-order valence-electron chi connectivity index (χ4n) is 5.66. The molecule has 0 aliphatic carbocycles. The van der Waals surface area contributed by atoms with Crippen LogP contribution >= 0.6 is 11.3 Å². The van der Waals surface area contributed by atoms with Crippen molar-refractivity contribution >= 4 is 37.7 Å². The molecule has 0 saturated carbocycles. The number of allylic oxidation sites excluding steroid dienone is 2. The highest BCUT2D eigenvalue weighted by Gasteiger charge is 2.36. The molecule has 8 rings (SSSR count). The fourth-order valence-corrected chi connectivity index (χ4v) is 6.91. The third kappa shape index (κ3) is 4.03. The summed E-state index contributed by atoms with van der Waals surface area (Å²) in [6.45, 7) is 0. The van der Waals surface area contributed by atoms with E-state index in [0.717, 1.165) is 27.8 Å². The van der Waals surface area contributed by atoms with Crippen molar-refractivity contribution in [1.29, 1.82) is 0 Å². The second kappa shape index (κ2) is 9.54. The summed E-state index contributed by atoms with van der Waals surface area (Å²) in [5, 5.41) is 2.60. The number of anilines is 2. The van der Waals surface area contributed by atoms with Crippen LogP contribution in [0.2, 0.25) is 0 Å². The van der Waals surface area contributed by atoms with Crippen LogP contribution in [0.25, 0.3) is 49.8 Å². The van der Waals surface area contributed by atoms with Crippen LogP contribution < -0.4 is 9.80 Å². The predicted molar refractivity (Wildman–Crippen MR) is 170 cm³/mol. The fraction of sp³-hybridized carbons (Fsp3) is 0.0571. The zero-order valence-corrected chi connectivity index (χ0v) is 23.2. The van der Waals surface area contributed by atoms with Gasteiger partial charge in [0.2, 0.25) is 0 Å². The van der Waals surface area contributed by atoms with Gasteiger partial charge in [-0.3, -0.25) is 0 Å². The third-order valence-corrected chi connectivity index (χ3v) is 8.87. The lowest BCUT2D eigenvalue weighted by Crippen LogP contribution is -2.38. The summed E-state index contributed by atoms with van der Waals surface area (Å²) >= 11 is 1.85. The van der Waals surface area contributed by atoms with E-state index in [2.05, 4.69) is 83.7 Å². The van der Waals surface area contributed by atoms with E-state index in [1.807, 2.05) is 72.0 Å². The highest BCUT2D eigenvalue weighted by Crippen LogP contribution is 2.51. The molecule has 41 heavy (non-hydrogen) atoms. The first-order valence-electron chi connectivity index (χ1n) is 13.6. The minimum atomic E-state index is 0.179. The molecule has 0 radical (unpaired) electrons. The van der Waals surface area contributed by atoms with Gasteiger partial charge in [0.1, 0.15) is 11.2 Å². The molecule has 2 aliphatic rings. The third-order valence-electron chi connectivity index (χ3n) is 7.70. The topological polar surface area (TPSA) is 45.2 Å². The number of rotatable bonds is 4. The molecule has 196 valence electrons. The molecule has 0 saturated heterocycles. The standard InChI is InChI=1S/C35H25N5S/c1-39-30-20-19-27(22-40(30)35-31(39)28-17-8-9-18-29(28)41-35)25-15-10-16-26(21-25)34-37-32(23-11-4-2-5-12-23)36-33(38-34)24-13-6-3-7-14-24/h2-22,30H,1H3. The summed E-state index contributed by atoms with van der Waals surface area (Å²) in [5.41, 5.74) is 6.46. The van der Waals surface area contributed by atoms with Crippen LogP contribution in [0.15, 0.2) is 128 Å². The lowest BCUT2D eigenvalue weighted by molar-refractivity contribution is 0.795. The van der Waals surface area contributed by atoms with Crippen LogP contribution in [0.5, 0.6) is 0 Å². The molecule has 1 atom stereocenters. The van der Waals surface area contributed by atoms with Crippen molar-refractivity contribution in [2.45, 2.75) is 6.17 Å². The van der Waals surface area contributed by atoms with Crippen LogP contribution in [-0.2, 0) is 0 Å². The van der Waals surface area contributed by atoms with Gasteiger partial charge in [0.25, 0.3) is 0 Å². The normalized spacial score (nSPS) is 15.6. The number of likely N-dealkylation sites (N-methyl/N-ethyl adjacent to an activating group) is 1. The van der Waals surface area contributed by atoms with Crippen molar-refractivity contribution in [3.05, 3.63) is 133 Å². The van der Waals surface area contributed by atoms with E-state index in [4.69, 9.17) is 15.0 Å². The average molecular weight is 548 g/mol. The SMILES string of the molecule is CN1c2c(sc3ccccc23)N2C=C(c3cccc(-c4nc(-c5ccccc5)nc(-c5ccccc5)n4)c3)C=CC12. The summed E-state index contributed by atoms with van der Waals surface area (Å²) in [7, 11) is 2.18. The smallest absolute Gasteiger partial charge is 0.164 e. The van der Waals surface area contributed by atoms with Crippen molar-refractivity contribution in [2.24, 2.45) is 0 Å². The van der Waals surface area contributed by atoms with Crippen LogP contribution in [0.3, 0.4) is 0 Å². The molecule has 0 fully saturated rings. The Morgan fingerprint density at radius 3 is 1.93 bits per heavy atom. The van der Waals surface area contributed by atoms with Gasteiger partial charge in [0, 0.05) is 40.0 Å². The molecule has 1 unspecified atom stereocenters. The van der Waals surface area contributed by atoms with Gasteiger partial charge in [-0.25, -0.2) is 15.0 Å². The second-order valence-corrected chi connectivity index (χ2v) is 11.3. The van der Waals surface area contributed by atoms with Crippen molar-refractivity contribution in [2.75, 3.05) is 16.8 Å². The second-order valence-electron chi connectivity index (χ2n) is 10.2. The Morgan fingerprint density at radius 1 is 0.634 bits per heavy atom. The first-order chi connectivity index (χ1) is 20.2. The molecule has 5 nitrogen and oxygen atoms in total. The maximum atomic E-state index is 4.93. The van der Waals surface area contributed by atoms with Crippen molar-refractivity contribution < 1.29 is 0 Å². The summed E-state index contributed by atoms with van der Waals surface area (Å²) < 4.78 is 1.31. The molecule has 2 aromatic heterocycles. The van der Waals surface area contributed by atoms with E-state index in [9.17, 15) is 0 Å². The summed E-state index contributed by atoms with van der Waals surface area (Å²) in [4.78, 5) is 19.5. The first kappa shape index (κ1) is 23.8. The van der Waals surface area contributed by atoms with Gasteiger partial charge in [-0.05, 0) is 29.3 Å². The molecule has 0 N–H and O–H groups in total. The van der Waals surface area contributed by atoms with E-state index < -0.39 is 0 Å². The number of hydrogen-bond acceptors (Lipinski definition) is 6. The predicted octanol–water partition coefficient (Wildman–Crippen LogP) is 8.28. The Morgan fingerprint density at radius 2 is 1.22 bits per heavy atom. The summed E-state index contributed by atoms with van der Waals surface area (Å²) in [5.74, 6) is 1.99. The number of benzene rings is 4. The van der Waals surface area contributed by atoms with Gasteiger partial charge in [-0.15, -0.1) is 11.3 Å². The maximum absolute atomic E-state index is 4.93. The Kier molecular flexibility index (Phi) is 5.53. The van der Waals surface area contributed by atoms with Crippen LogP contribution in [0, 0.1) is 0 Å². The minimum Gasteiger partial charge on any atom is -0.348 e. The van der Waals surface area contributed by atoms with Crippen LogP contribution in [0.1, 0.15) is 5.56 Å². The largest absolute Gasteiger partial charge is 0.348 e. The van der Waals surface area contributed by atoms with Crippen molar-refractivity contribution in [3.63, 3.8) is 0 Å². The molecule has 0 amide bonds. The zero-order chi connectivity index (χ0) is 27.3. The van der Waals surface area contributed by atoms with Gasteiger partial charge in [0.05, 0.1) is 5.69 Å². The van der Waals surface area contributed by atoms with E-state index in [-0.39, 0.29) is 6.17 Å². The Bertz CT molecular complexity index is 1920. The first-order valence-corrected chi connectivity index (χ1v) is 14.4. The van der Waals surface area contributed by atoms with E-state index in [0.29, 0.717) is 17.5 Å². The molecule has 4 heterocycles. The van der Waals surface area contributed by atoms with E-state index in [1.165, 1.54) is 20.8 Å². The minimum absolute atomic E-state index is 0.179. The van der Waals surface area contributed by atoms with Crippen LogP contribution in [0.4, 0.5) is 10.7 Å². The Balaban J connectivity index is 1.21. The van der Waals surface area contributed by atoms with Crippen molar-refractivity contribution in [1.82, 2.24) is 15.0 Å². The number of fused-ring (bicyclic) bond motifs is 5. The molecular formula is C35H25N5S. The highest BCUT2D eigenvalue weighted by molar-refractivity contribution is 7.23. The monoisotopic (exact) mass is 547 g/mol. The Labute approximate surface area is 242 Å². The molecule has 4 aromatic carbocycles. The number of nitrogens with zero attached hydrogens (tertiary/aromatic N) is 5. The quantitative estimate of drug-likeness (QED) is 0.222. The van der Waals surface area contributed by atoms with Crippen LogP contribution in [-0.4, -0.2) is 28.2 Å². The Hall–Kier alpha value is -5.07. The number of thiophene rings is 1. The van der Waals surface area contributed by atoms with Gasteiger partial charge < -0.3 is 9.80 Å². The summed E-state index contributed by atoms with van der Waals surface area (Å²) in [6, 6.07) is 37.3. The molecular weight excluding hydrogens is 522 g/mol. The van der Waals surface area contributed by atoms with Gasteiger partial charge in [-0.1, -0.05) is 103 Å². The van der Waals surface area contributed by atoms with Gasteiger partial charge >= 0.3 is 0 Å². The lowest BCUT2D eigenvalue weighted by atomic mass is 10.0. The lowest BCUT2D eigenvalue weighted by Gasteiger charge is -2.29. The van der Waals surface area contributed by atoms with Gasteiger partial charge in [0.15, 0.2) is 17.5 Å². The molecule has 0 bridgehead atoms. The molecule has 2 aliphatic heterocycles. The molecule has 6 heteroatoms. The average Bonchev–Trinajstić information content (AvgIpc) is 3.56. The highest BCUT2D eigenvalue weighted by atomic mass is 32.1. The molecule has 6 aromatic rings. The van der Waals surface area contributed by atoms with Gasteiger partial charge in [-0.2, -0.15) is 0 Å². The maximum Gasteiger partial charge on any atom is 0.164 e. The zero-order valence-electron chi connectivity index (χ0n) is 22.3. The van der Waals surface area contributed by atoms with E-state index >= 15 is 0 Å².